The number of benzene rings is 1. The highest BCUT2D eigenvalue weighted by molar-refractivity contribution is 6.34. The lowest BCUT2D eigenvalue weighted by Crippen LogP contribution is -2.12. The molecule has 0 aliphatic heterocycles. The lowest BCUT2D eigenvalue weighted by atomic mass is 10.2. The Hall–Kier alpha value is -1.81. The maximum absolute atomic E-state index is 7.37. The summed E-state index contributed by atoms with van der Waals surface area (Å²) < 4.78 is 1.97. The number of amidine groups is 1. The molecular weight excluding hydrogens is 236 g/mol. The molecule has 88 valence electrons. The van der Waals surface area contributed by atoms with Gasteiger partial charge < -0.3 is 10.3 Å². The number of nitrogens with one attached hydrogen (secondary N) is 1. The van der Waals surface area contributed by atoms with Gasteiger partial charge in [0, 0.05) is 30.1 Å². The van der Waals surface area contributed by atoms with Gasteiger partial charge in [-0.1, -0.05) is 18.5 Å². The van der Waals surface area contributed by atoms with Gasteiger partial charge in [0.2, 0.25) is 0 Å². The first-order valence-corrected chi connectivity index (χ1v) is 5.67. The maximum atomic E-state index is 7.37. The summed E-state index contributed by atoms with van der Waals surface area (Å²) in [5.41, 5.74) is 6.89. The van der Waals surface area contributed by atoms with Crippen molar-refractivity contribution in [2.24, 2.45) is 5.73 Å². The lowest BCUT2D eigenvalue weighted by Gasteiger charge is -2.09. The Balaban J connectivity index is 2.48. The van der Waals surface area contributed by atoms with Gasteiger partial charge in [0.1, 0.15) is 11.7 Å². The third kappa shape index (κ3) is 2.17. The number of nitrogens with two attached hydrogens (primary N) is 1. The van der Waals surface area contributed by atoms with Crippen LogP contribution in [0, 0.1) is 5.41 Å². The molecule has 1 aromatic carbocycles. The Morgan fingerprint density at radius 2 is 2.29 bits per heavy atom. The molecule has 4 nitrogen and oxygen atoms in total. The zero-order valence-electron chi connectivity index (χ0n) is 9.44. The zero-order valence-corrected chi connectivity index (χ0v) is 10.2. The number of rotatable bonds is 3. The summed E-state index contributed by atoms with van der Waals surface area (Å²) in [5.74, 6) is 0.944. The Morgan fingerprint density at radius 3 is 2.88 bits per heavy atom. The van der Waals surface area contributed by atoms with Gasteiger partial charge in [-0.3, -0.25) is 5.41 Å². The van der Waals surface area contributed by atoms with Crippen molar-refractivity contribution in [1.29, 1.82) is 5.41 Å². The molecule has 0 saturated heterocycles. The number of hydrogen-bond donors (Lipinski definition) is 2. The fourth-order valence-electron chi connectivity index (χ4n) is 1.70. The molecular formula is C12H13ClN4. The predicted molar refractivity (Wildman–Crippen MR) is 69.0 cm³/mol. The fraction of sp³-hybridized carbons (Fsp3) is 0.167. The predicted octanol–water partition coefficient (Wildman–Crippen LogP) is 2.37. The van der Waals surface area contributed by atoms with Gasteiger partial charge in [-0.15, -0.1) is 0 Å². The summed E-state index contributed by atoms with van der Waals surface area (Å²) in [5, 5.41) is 7.85. The highest BCUT2D eigenvalue weighted by Gasteiger charge is 2.07. The second-order valence-corrected chi connectivity index (χ2v) is 4.05. The topological polar surface area (TPSA) is 67.7 Å². The normalized spacial score (nSPS) is 10.5. The first-order chi connectivity index (χ1) is 8.13. The van der Waals surface area contributed by atoms with Gasteiger partial charge in [-0.05, 0) is 18.2 Å². The van der Waals surface area contributed by atoms with Crippen LogP contribution in [0.2, 0.25) is 5.02 Å². The molecule has 0 unspecified atom stereocenters. The van der Waals surface area contributed by atoms with Crippen LogP contribution >= 0.6 is 11.6 Å². The number of halogens is 1. The summed E-state index contributed by atoms with van der Waals surface area (Å²) in [4.78, 5) is 4.25. The molecule has 3 N–H and O–H groups in total. The van der Waals surface area contributed by atoms with E-state index in [4.69, 9.17) is 22.7 Å². The van der Waals surface area contributed by atoms with Gasteiger partial charge in [-0.25, -0.2) is 4.98 Å². The third-order valence-corrected chi connectivity index (χ3v) is 2.87. The summed E-state index contributed by atoms with van der Waals surface area (Å²) in [7, 11) is 0. The summed E-state index contributed by atoms with van der Waals surface area (Å²) in [6.45, 7) is 2.05. The highest BCUT2D eigenvalue weighted by atomic mass is 35.5. The minimum atomic E-state index is -0.0251. The minimum Gasteiger partial charge on any atom is -0.384 e. The van der Waals surface area contributed by atoms with E-state index in [-0.39, 0.29) is 5.84 Å². The monoisotopic (exact) mass is 248 g/mol. The Kier molecular flexibility index (Phi) is 3.15. The number of hydrogen-bond acceptors (Lipinski definition) is 2. The molecule has 0 amide bonds. The number of nitrogens with zero attached hydrogens (tertiary/aromatic N) is 2. The standard InChI is InChI=1S/C12H13ClN4/c1-2-11-16-5-6-17(11)8-3-4-9(12(14)15)10(13)7-8/h3-7H,2H2,1H3,(H3,14,15). The summed E-state index contributed by atoms with van der Waals surface area (Å²) in [6, 6.07) is 5.42. The second-order valence-electron chi connectivity index (χ2n) is 3.64. The molecule has 5 heteroatoms. The Labute approximate surface area is 105 Å². The Bertz CT molecular complexity index is 559. The molecule has 0 spiro atoms. The molecule has 0 radical (unpaired) electrons. The van der Waals surface area contributed by atoms with Crippen LogP contribution in [0.5, 0.6) is 0 Å². The lowest BCUT2D eigenvalue weighted by molar-refractivity contribution is 0.891. The average Bonchev–Trinajstić information content (AvgIpc) is 2.76. The average molecular weight is 249 g/mol. The SMILES string of the molecule is CCc1nccn1-c1ccc(C(=N)N)c(Cl)c1. The molecule has 0 atom stereocenters. The van der Waals surface area contributed by atoms with E-state index < -0.39 is 0 Å². The molecule has 17 heavy (non-hydrogen) atoms. The van der Waals surface area contributed by atoms with Crippen molar-refractivity contribution in [2.45, 2.75) is 13.3 Å². The molecule has 0 bridgehead atoms. The van der Waals surface area contributed by atoms with E-state index in [0.717, 1.165) is 17.9 Å². The van der Waals surface area contributed by atoms with Crippen molar-refractivity contribution in [3.05, 3.63) is 47.0 Å². The summed E-state index contributed by atoms with van der Waals surface area (Å²) in [6.07, 6.45) is 4.49. The van der Waals surface area contributed by atoms with Crippen LogP contribution in [-0.4, -0.2) is 15.4 Å². The fourth-order valence-corrected chi connectivity index (χ4v) is 1.98. The largest absolute Gasteiger partial charge is 0.384 e. The quantitative estimate of drug-likeness (QED) is 0.647. The van der Waals surface area contributed by atoms with E-state index in [9.17, 15) is 0 Å². The van der Waals surface area contributed by atoms with Crippen molar-refractivity contribution in [2.75, 3.05) is 0 Å². The van der Waals surface area contributed by atoms with Crippen LogP contribution in [0.3, 0.4) is 0 Å². The number of aryl methyl sites for hydroxylation is 1. The summed E-state index contributed by atoms with van der Waals surface area (Å²) >= 11 is 6.08. The number of imidazole rings is 1. The number of aromatic nitrogens is 2. The van der Waals surface area contributed by atoms with E-state index in [2.05, 4.69) is 4.98 Å². The van der Waals surface area contributed by atoms with Crippen LogP contribution in [0.1, 0.15) is 18.3 Å². The van der Waals surface area contributed by atoms with Gasteiger partial charge in [0.25, 0.3) is 0 Å². The third-order valence-electron chi connectivity index (χ3n) is 2.55. The van der Waals surface area contributed by atoms with Crippen LogP contribution < -0.4 is 5.73 Å². The van der Waals surface area contributed by atoms with E-state index >= 15 is 0 Å². The van der Waals surface area contributed by atoms with Gasteiger partial charge in [-0.2, -0.15) is 0 Å². The van der Waals surface area contributed by atoms with Crippen LogP contribution in [0.25, 0.3) is 5.69 Å². The molecule has 1 heterocycles. The van der Waals surface area contributed by atoms with Crippen molar-refractivity contribution in [3.8, 4) is 5.69 Å². The van der Waals surface area contributed by atoms with Crippen LogP contribution in [-0.2, 0) is 6.42 Å². The first-order valence-electron chi connectivity index (χ1n) is 5.30. The molecule has 0 aliphatic carbocycles. The molecule has 2 rings (SSSR count). The van der Waals surface area contributed by atoms with E-state index in [1.165, 1.54) is 0 Å². The van der Waals surface area contributed by atoms with Gasteiger partial charge in [0.15, 0.2) is 0 Å². The smallest absolute Gasteiger partial charge is 0.124 e. The van der Waals surface area contributed by atoms with E-state index in [1.54, 1.807) is 18.3 Å². The number of nitrogen functional groups attached to an aromatic ring is 1. The zero-order chi connectivity index (χ0) is 12.4. The van der Waals surface area contributed by atoms with Gasteiger partial charge in [0.05, 0.1) is 5.02 Å². The van der Waals surface area contributed by atoms with Crippen LogP contribution in [0.15, 0.2) is 30.6 Å². The molecule has 1 aromatic heterocycles. The molecule has 0 aliphatic rings. The van der Waals surface area contributed by atoms with Crippen molar-refractivity contribution < 1.29 is 0 Å². The highest BCUT2D eigenvalue weighted by Crippen LogP contribution is 2.21. The van der Waals surface area contributed by atoms with Crippen LogP contribution in [0.4, 0.5) is 0 Å². The second kappa shape index (κ2) is 4.59. The maximum Gasteiger partial charge on any atom is 0.124 e. The van der Waals surface area contributed by atoms with Crippen molar-refractivity contribution in [3.63, 3.8) is 0 Å². The van der Waals surface area contributed by atoms with Crippen molar-refractivity contribution >= 4 is 17.4 Å². The molecule has 0 saturated carbocycles. The van der Waals surface area contributed by atoms with E-state index in [0.29, 0.717) is 10.6 Å². The minimum absolute atomic E-state index is 0.0251. The molecule has 2 aromatic rings. The van der Waals surface area contributed by atoms with Gasteiger partial charge >= 0.3 is 0 Å². The first kappa shape index (κ1) is 11.7. The van der Waals surface area contributed by atoms with Crippen molar-refractivity contribution in [1.82, 2.24) is 9.55 Å². The Morgan fingerprint density at radius 1 is 1.53 bits per heavy atom. The molecule has 0 fully saturated rings. The van der Waals surface area contributed by atoms with E-state index in [1.807, 2.05) is 23.8 Å².